The summed E-state index contributed by atoms with van der Waals surface area (Å²) < 4.78 is 26.8. The van der Waals surface area contributed by atoms with Gasteiger partial charge in [0, 0.05) is 5.69 Å². The Morgan fingerprint density at radius 1 is 1.21 bits per heavy atom. The Morgan fingerprint density at radius 3 is 2.32 bits per heavy atom. The van der Waals surface area contributed by atoms with Crippen molar-refractivity contribution in [3.8, 4) is 0 Å². The Kier molecular flexibility index (Phi) is 3.57. The highest BCUT2D eigenvalue weighted by Gasteiger charge is 2.17. The number of hydrogen-bond donors (Lipinski definition) is 2. The second-order valence-corrected chi connectivity index (χ2v) is 3.87. The number of anilines is 2. The molecule has 2 N–H and O–H groups in total. The van der Waals surface area contributed by atoms with Gasteiger partial charge in [-0.15, -0.1) is 10.2 Å². The summed E-state index contributed by atoms with van der Waals surface area (Å²) in [6, 6.07) is 4.59. The van der Waals surface area contributed by atoms with E-state index < -0.39 is 23.2 Å². The lowest BCUT2D eigenvalue weighted by molar-refractivity contribution is 0.0686. The monoisotopic (exact) mass is 285 g/mol. The van der Waals surface area contributed by atoms with E-state index in [1.54, 1.807) is 0 Å². The van der Waals surface area contributed by atoms with Crippen LogP contribution in [0.25, 0.3) is 0 Å². The molecule has 0 unspecified atom stereocenters. The fraction of sp³-hybridized carbons (Fsp3) is 0. The van der Waals surface area contributed by atoms with Crippen molar-refractivity contribution in [2.24, 2.45) is 0 Å². The van der Waals surface area contributed by atoms with Crippen LogP contribution in [0.5, 0.6) is 0 Å². The number of carbonyl (C=O) groups is 1. The van der Waals surface area contributed by atoms with Crippen LogP contribution in [0.15, 0.2) is 24.3 Å². The molecule has 0 radical (unpaired) electrons. The van der Waals surface area contributed by atoms with Gasteiger partial charge in [-0.25, -0.2) is 13.6 Å². The lowest BCUT2D eigenvalue weighted by atomic mass is 10.2. The van der Waals surface area contributed by atoms with Crippen LogP contribution < -0.4 is 5.32 Å². The molecule has 2 aromatic rings. The molecule has 0 aliphatic rings. The topological polar surface area (TPSA) is 75.1 Å². The maximum Gasteiger partial charge on any atom is 0.341 e. The maximum absolute atomic E-state index is 13.4. The average Bonchev–Trinajstić information content (AvgIpc) is 2.30. The van der Waals surface area contributed by atoms with Crippen molar-refractivity contribution in [3.05, 3.63) is 46.6 Å². The maximum atomic E-state index is 13.4. The molecular weight excluding hydrogens is 280 g/mol. The number of nitrogens with one attached hydrogen (secondary N) is 1. The number of halogens is 3. The number of aromatic carboxylic acids is 1. The normalized spacial score (nSPS) is 10.3. The van der Waals surface area contributed by atoms with E-state index in [-0.39, 0.29) is 16.7 Å². The molecule has 1 aromatic heterocycles. The van der Waals surface area contributed by atoms with Gasteiger partial charge in [-0.2, -0.15) is 0 Å². The minimum atomic E-state index is -1.67. The predicted molar refractivity (Wildman–Crippen MR) is 63.6 cm³/mol. The summed E-state index contributed by atoms with van der Waals surface area (Å²) in [4.78, 5) is 10.6. The Morgan fingerprint density at radius 2 is 1.84 bits per heavy atom. The smallest absolute Gasteiger partial charge is 0.341 e. The molecule has 0 atom stereocenters. The Balaban J connectivity index is 2.32. The van der Waals surface area contributed by atoms with Crippen LogP contribution in [-0.4, -0.2) is 21.3 Å². The van der Waals surface area contributed by atoms with E-state index in [0.29, 0.717) is 0 Å². The number of hydrogen-bond acceptors (Lipinski definition) is 4. The average molecular weight is 286 g/mol. The van der Waals surface area contributed by atoms with Gasteiger partial charge in [0.1, 0.15) is 17.2 Å². The summed E-state index contributed by atoms with van der Waals surface area (Å²) in [6.45, 7) is 0. The number of rotatable bonds is 3. The van der Waals surface area contributed by atoms with Gasteiger partial charge in [0.05, 0.1) is 0 Å². The first-order valence-electron chi connectivity index (χ1n) is 4.96. The molecule has 1 aromatic carbocycles. The van der Waals surface area contributed by atoms with Crippen LogP contribution in [0.2, 0.25) is 5.15 Å². The highest BCUT2D eigenvalue weighted by atomic mass is 35.5. The van der Waals surface area contributed by atoms with Gasteiger partial charge in [0.15, 0.2) is 11.0 Å². The van der Waals surface area contributed by atoms with Gasteiger partial charge in [-0.05, 0) is 24.3 Å². The summed E-state index contributed by atoms with van der Waals surface area (Å²) >= 11 is 5.53. The van der Waals surface area contributed by atoms with Crippen molar-refractivity contribution < 1.29 is 18.7 Å². The first kappa shape index (κ1) is 13.2. The van der Waals surface area contributed by atoms with Crippen molar-refractivity contribution in [1.82, 2.24) is 10.2 Å². The van der Waals surface area contributed by atoms with E-state index in [1.807, 2.05) is 0 Å². The fourth-order valence-electron chi connectivity index (χ4n) is 1.38. The van der Waals surface area contributed by atoms with Gasteiger partial charge in [0.25, 0.3) is 0 Å². The van der Waals surface area contributed by atoms with Gasteiger partial charge >= 0.3 is 5.97 Å². The number of carboxylic acid groups (broad SMARTS) is 1. The molecule has 0 fully saturated rings. The van der Waals surface area contributed by atoms with E-state index in [4.69, 9.17) is 16.7 Å². The van der Waals surface area contributed by atoms with Crippen molar-refractivity contribution in [3.63, 3.8) is 0 Å². The molecule has 1 heterocycles. The number of carboxylic acids is 1. The third-order valence-electron chi connectivity index (χ3n) is 2.16. The number of benzene rings is 1. The van der Waals surface area contributed by atoms with E-state index in [0.717, 1.165) is 12.1 Å². The van der Waals surface area contributed by atoms with Crippen LogP contribution in [-0.2, 0) is 0 Å². The lowest BCUT2D eigenvalue weighted by Crippen LogP contribution is -2.06. The molecule has 98 valence electrons. The molecular formula is C11H6ClF2N3O2. The quantitative estimate of drug-likeness (QED) is 0.907. The van der Waals surface area contributed by atoms with E-state index in [2.05, 4.69) is 15.5 Å². The third kappa shape index (κ3) is 2.94. The Labute approximate surface area is 110 Å². The van der Waals surface area contributed by atoms with Crippen molar-refractivity contribution in [2.45, 2.75) is 0 Å². The zero-order valence-electron chi connectivity index (χ0n) is 9.19. The Bertz CT molecular complexity index is 611. The Hall–Kier alpha value is -2.28. The summed E-state index contributed by atoms with van der Waals surface area (Å²) in [6.07, 6.45) is 0. The summed E-state index contributed by atoms with van der Waals surface area (Å²) in [7, 11) is 0. The zero-order chi connectivity index (χ0) is 14.0. The molecule has 0 bridgehead atoms. The highest BCUT2D eigenvalue weighted by molar-refractivity contribution is 6.29. The summed E-state index contributed by atoms with van der Waals surface area (Å²) in [5.74, 6) is -3.83. The van der Waals surface area contributed by atoms with Crippen LogP contribution in [0.4, 0.5) is 20.3 Å². The van der Waals surface area contributed by atoms with Gasteiger partial charge in [-0.3, -0.25) is 0 Å². The SMILES string of the molecule is O=C(O)c1c(F)cc(Nc2ccc(Cl)nn2)cc1F. The number of nitrogens with zero attached hydrogens (tertiary/aromatic N) is 2. The van der Waals surface area contributed by atoms with E-state index in [9.17, 15) is 13.6 Å². The van der Waals surface area contributed by atoms with E-state index >= 15 is 0 Å². The van der Waals surface area contributed by atoms with Gasteiger partial charge in [-0.1, -0.05) is 11.6 Å². The highest BCUT2D eigenvalue weighted by Crippen LogP contribution is 2.21. The molecule has 0 saturated heterocycles. The molecule has 5 nitrogen and oxygen atoms in total. The van der Waals surface area contributed by atoms with Gasteiger partial charge in [0.2, 0.25) is 0 Å². The molecule has 8 heteroatoms. The molecule has 19 heavy (non-hydrogen) atoms. The zero-order valence-corrected chi connectivity index (χ0v) is 9.95. The first-order valence-corrected chi connectivity index (χ1v) is 5.34. The van der Waals surface area contributed by atoms with Crippen molar-refractivity contribution in [2.75, 3.05) is 5.32 Å². The van der Waals surface area contributed by atoms with E-state index in [1.165, 1.54) is 12.1 Å². The largest absolute Gasteiger partial charge is 0.477 e. The van der Waals surface area contributed by atoms with Crippen LogP contribution >= 0.6 is 11.6 Å². The molecule has 0 aliphatic heterocycles. The van der Waals surface area contributed by atoms with Crippen molar-refractivity contribution in [1.29, 1.82) is 0 Å². The standard InChI is InChI=1S/C11H6ClF2N3O2/c12-8-1-2-9(17-16-8)15-5-3-6(13)10(11(18)19)7(14)4-5/h1-4H,(H,15,17)(H,18,19). The fourth-order valence-corrected chi connectivity index (χ4v) is 1.48. The number of aromatic nitrogens is 2. The van der Waals surface area contributed by atoms with Crippen LogP contribution in [0.1, 0.15) is 10.4 Å². The van der Waals surface area contributed by atoms with Crippen molar-refractivity contribution >= 4 is 29.1 Å². The molecule has 0 saturated carbocycles. The van der Waals surface area contributed by atoms with Gasteiger partial charge < -0.3 is 10.4 Å². The second kappa shape index (κ2) is 5.15. The van der Waals surface area contributed by atoms with Crippen LogP contribution in [0.3, 0.4) is 0 Å². The second-order valence-electron chi connectivity index (χ2n) is 3.49. The molecule has 0 amide bonds. The third-order valence-corrected chi connectivity index (χ3v) is 2.36. The predicted octanol–water partition coefficient (Wildman–Crippen LogP) is 2.85. The molecule has 0 aliphatic carbocycles. The minimum Gasteiger partial charge on any atom is -0.477 e. The summed E-state index contributed by atoms with van der Waals surface area (Å²) in [5, 5.41) is 18.5. The molecule has 2 rings (SSSR count). The minimum absolute atomic E-state index is 0.0108. The van der Waals surface area contributed by atoms with Crippen LogP contribution in [0, 0.1) is 11.6 Å². The molecule has 0 spiro atoms. The lowest BCUT2D eigenvalue weighted by Gasteiger charge is -2.07. The summed E-state index contributed by atoms with van der Waals surface area (Å²) in [5.41, 5.74) is -0.996. The first-order chi connectivity index (χ1) is 8.97.